The lowest BCUT2D eigenvalue weighted by Gasteiger charge is -2.25. The summed E-state index contributed by atoms with van der Waals surface area (Å²) in [5.41, 5.74) is 7.99. The van der Waals surface area contributed by atoms with E-state index in [-0.39, 0.29) is 12.5 Å². The SMILES string of the molecule is COC(=O)CN(Cc1ccccc1)C(=O)C(N)Cc1ccccc1. The van der Waals surface area contributed by atoms with Gasteiger partial charge in [-0.2, -0.15) is 0 Å². The number of carbonyl (C=O) groups is 2. The Labute approximate surface area is 142 Å². The van der Waals surface area contributed by atoms with Crippen molar-refractivity contribution in [1.82, 2.24) is 4.90 Å². The Hall–Kier alpha value is -2.66. The number of nitrogens with two attached hydrogens (primary N) is 1. The molecule has 0 heterocycles. The Morgan fingerprint density at radius 1 is 1.00 bits per heavy atom. The van der Waals surface area contributed by atoms with Gasteiger partial charge in [0, 0.05) is 6.54 Å². The van der Waals surface area contributed by atoms with E-state index in [0.717, 1.165) is 11.1 Å². The maximum atomic E-state index is 12.7. The quantitative estimate of drug-likeness (QED) is 0.787. The first-order chi connectivity index (χ1) is 11.6. The zero-order chi connectivity index (χ0) is 17.4. The molecule has 0 aromatic heterocycles. The van der Waals surface area contributed by atoms with Gasteiger partial charge in [0.2, 0.25) is 5.91 Å². The van der Waals surface area contributed by atoms with Crippen molar-refractivity contribution in [3.8, 4) is 0 Å². The van der Waals surface area contributed by atoms with Crippen LogP contribution in [0.5, 0.6) is 0 Å². The highest BCUT2D eigenvalue weighted by atomic mass is 16.5. The van der Waals surface area contributed by atoms with Crippen LogP contribution in [-0.2, 0) is 27.3 Å². The topological polar surface area (TPSA) is 72.6 Å². The standard InChI is InChI=1S/C19H22N2O3/c1-24-18(22)14-21(13-16-10-6-3-7-11-16)19(23)17(20)12-15-8-4-2-5-9-15/h2-11,17H,12-14,20H2,1H3. The van der Waals surface area contributed by atoms with Crippen molar-refractivity contribution < 1.29 is 14.3 Å². The summed E-state index contributed by atoms with van der Waals surface area (Å²) in [7, 11) is 1.30. The second-order valence-electron chi connectivity index (χ2n) is 5.55. The monoisotopic (exact) mass is 326 g/mol. The zero-order valence-electron chi connectivity index (χ0n) is 13.7. The lowest BCUT2D eigenvalue weighted by Crippen LogP contribution is -2.46. The molecule has 2 aromatic carbocycles. The van der Waals surface area contributed by atoms with Crippen LogP contribution in [0.2, 0.25) is 0 Å². The Morgan fingerprint density at radius 2 is 1.54 bits per heavy atom. The molecule has 0 bridgehead atoms. The molecule has 0 saturated heterocycles. The number of benzene rings is 2. The van der Waals surface area contributed by atoms with Crippen LogP contribution in [0.4, 0.5) is 0 Å². The number of hydrogen-bond donors (Lipinski definition) is 1. The Balaban J connectivity index is 2.09. The minimum atomic E-state index is -0.708. The normalized spacial score (nSPS) is 11.6. The molecule has 1 unspecified atom stereocenters. The van der Waals surface area contributed by atoms with E-state index >= 15 is 0 Å². The van der Waals surface area contributed by atoms with Gasteiger partial charge in [-0.1, -0.05) is 60.7 Å². The highest BCUT2D eigenvalue weighted by molar-refractivity contribution is 5.85. The van der Waals surface area contributed by atoms with Gasteiger partial charge in [0.05, 0.1) is 13.2 Å². The molecule has 2 N–H and O–H groups in total. The molecule has 0 fully saturated rings. The summed E-state index contributed by atoms with van der Waals surface area (Å²) in [6.07, 6.45) is 0.423. The van der Waals surface area contributed by atoms with Crippen molar-refractivity contribution in [2.45, 2.75) is 19.0 Å². The molecule has 0 aliphatic heterocycles. The van der Waals surface area contributed by atoms with Crippen LogP contribution in [-0.4, -0.2) is 36.5 Å². The molecule has 0 spiro atoms. The minimum Gasteiger partial charge on any atom is -0.468 e. The van der Waals surface area contributed by atoms with Gasteiger partial charge in [-0.25, -0.2) is 0 Å². The van der Waals surface area contributed by atoms with Crippen LogP contribution in [0, 0.1) is 0 Å². The van der Waals surface area contributed by atoms with Crippen LogP contribution < -0.4 is 5.73 Å². The molecule has 1 amide bonds. The summed E-state index contributed by atoms with van der Waals surface area (Å²) in [5.74, 6) is -0.737. The molecule has 2 rings (SSSR count). The summed E-state index contributed by atoms with van der Waals surface area (Å²) < 4.78 is 4.69. The van der Waals surface area contributed by atoms with Gasteiger partial charge in [0.1, 0.15) is 6.54 Å². The molecule has 2 aromatic rings. The Bertz CT molecular complexity index is 659. The number of amides is 1. The molecule has 5 nitrogen and oxygen atoms in total. The fourth-order valence-electron chi connectivity index (χ4n) is 2.43. The molecule has 0 radical (unpaired) electrons. The third-order valence-electron chi connectivity index (χ3n) is 3.69. The number of nitrogens with zero attached hydrogens (tertiary/aromatic N) is 1. The second-order valence-corrected chi connectivity index (χ2v) is 5.55. The van der Waals surface area contributed by atoms with Gasteiger partial charge < -0.3 is 15.4 Å². The molecular formula is C19H22N2O3. The maximum Gasteiger partial charge on any atom is 0.325 e. The van der Waals surface area contributed by atoms with E-state index in [1.54, 1.807) is 0 Å². The van der Waals surface area contributed by atoms with E-state index in [0.29, 0.717) is 13.0 Å². The van der Waals surface area contributed by atoms with Crippen LogP contribution in [0.1, 0.15) is 11.1 Å². The lowest BCUT2D eigenvalue weighted by molar-refractivity contribution is -0.147. The highest BCUT2D eigenvalue weighted by Crippen LogP contribution is 2.09. The zero-order valence-corrected chi connectivity index (χ0v) is 13.7. The first-order valence-corrected chi connectivity index (χ1v) is 7.79. The Kier molecular flexibility index (Phi) is 6.51. The predicted octanol–water partition coefficient (Wildman–Crippen LogP) is 1.76. The number of hydrogen-bond acceptors (Lipinski definition) is 4. The lowest BCUT2D eigenvalue weighted by atomic mass is 10.1. The number of carbonyl (C=O) groups excluding carboxylic acids is 2. The molecule has 0 saturated carbocycles. The van der Waals surface area contributed by atoms with E-state index in [1.165, 1.54) is 12.0 Å². The summed E-state index contributed by atoms with van der Waals surface area (Å²) in [4.78, 5) is 25.8. The molecule has 126 valence electrons. The van der Waals surface area contributed by atoms with Gasteiger partial charge in [0.15, 0.2) is 0 Å². The fraction of sp³-hybridized carbons (Fsp3) is 0.263. The molecule has 0 aliphatic carbocycles. The summed E-state index contributed by atoms with van der Waals surface area (Å²) in [6.45, 7) is 0.198. The van der Waals surface area contributed by atoms with Crippen LogP contribution in [0.15, 0.2) is 60.7 Å². The van der Waals surface area contributed by atoms with E-state index in [2.05, 4.69) is 0 Å². The fourth-order valence-corrected chi connectivity index (χ4v) is 2.43. The smallest absolute Gasteiger partial charge is 0.325 e. The van der Waals surface area contributed by atoms with Crippen molar-refractivity contribution >= 4 is 11.9 Å². The number of methoxy groups -OCH3 is 1. The molecule has 5 heteroatoms. The average molecular weight is 326 g/mol. The maximum absolute atomic E-state index is 12.7. The molecular weight excluding hydrogens is 304 g/mol. The molecule has 0 aliphatic rings. The second kappa shape index (κ2) is 8.84. The Morgan fingerprint density at radius 3 is 2.08 bits per heavy atom. The van der Waals surface area contributed by atoms with E-state index in [4.69, 9.17) is 10.5 Å². The van der Waals surface area contributed by atoms with Crippen LogP contribution in [0.3, 0.4) is 0 Å². The van der Waals surface area contributed by atoms with Gasteiger partial charge in [-0.05, 0) is 17.5 Å². The first-order valence-electron chi connectivity index (χ1n) is 7.79. The minimum absolute atomic E-state index is 0.118. The third kappa shape index (κ3) is 5.21. The van der Waals surface area contributed by atoms with Gasteiger partial charge in [-0.15, -0.1) is 0 Å². The van der Waals surface area contributed by atoms with E-state index in [9.17, 15) is 9.59 Å². The van der Waals surface area contributed by atoms with Crippen molar-refractivity contribution in [2.24, 2.45) is 5.73 Å². The average Bonchev–Trinajstić information content (AvgIpc) is 2.62. The van der Waals surface area contributed by atoms with Crippen LogP contribution >= 0.6 is 0 Å². The third-order valence-corrected chi connectivity index (χ3v) is 3.69. The van der Waals surface area contributed by atoms with E-state index in [1.807, 2.05) is 60.7 Å². The number of ether oxygens (including phenoxy) is 1. The molecule has 1 atom stereocenters. The summed E-state index contributed by atoms with van der Waals surface area (Å²) in [6, 6.07) is 18.4. The van der Waals surface area contributed by atoms with Gasteiger partial charge in [-0.3, -0.25) is 9.59 Å². The summed E-state index contributed by atoms with van der Waals surface area (Å²) in [5, 5.41) is 0. The van der Waals surface area contributed by atoms with Crippen molar-refractivity contribution in [2.75, 3.05) is 13.7 Å². The number of esters is 1. The number of rotatable bonds is 7. The first kappa shape index (κ1) is 17.7. The van der Waals surface area contributed by atoms with Crippen molar-refractivity contribution in [3.05, 3.63) is 71.8 Å². The van der Waals surface area contributed by atoms with Gasteiger partial charge >= 0.3 is 5.97 Å². The summed E-state index contributed by atoms with van der Waals surface area (Å²) >= 11 is 0. The van der Waals surface area contributed by atoms with Gasteiger partial charge in [0.25, 0.3) is 0 Å². The van der Waals surface area contributed by atoms with Crippen LogP contribution in [0.25, 0.3) is 0 Å². The highest BCUT2D eigenvalue weighted by Gasteiger charge is 2.23. The van der Waals surface area contributed by atoms with Crippen molar-refractivity contribution in [3.63, 3.8) is 0 Å². The predicted molar refractivity (Wildman–Crippen MR) is 92.0 cm³/mol. The molecule has 24 heavy (non-hydrogen) atoms. The largest absolute Gasteiger partial charge is 0.468 e. The van der Waals surface area contributed by atoms with Crippen molar-refractivity contribution in [1.29, 1.82) is 0 Å². The van der Waals surface area contributed by atoms with E-state index < -0.39 is 12.0 Å².